The second-order valence-corrected chi connectivity index (χ2v) is 6.03. The molecule has 0 amide bonds. The van der Waals surface area contributed by atoms with Crippen molar-refractivity contribution in [3.05, 3.63) is 44.9 Å². The van der Waals surface area contributed by atoms with Gasteiger partial charge >= 0.3 is 0 Å². The van der Waals surface area contributed by atoms with Gasteiger partial charge in [-0.2, -0.15) is 0 Å². The van der Waals surface area contributed by atoms with Crippen molar-refractivity contribution < 1.29 is 0 Å². The lowest BCUT2D eigenvalue weighted by atomic mass is 10.2. The Morgan fingerprint density at radius 3 is 2.89 bits per heavy atom. The molecule has 102 valence electrons. The zero-order chi connectivity index (χ0) is 13.8. The Hall–Kier alpha value is -1.10. The summed E-state index contributed by atoms with van der Waals surface area (Å²) in [5.74, 6) is 0. The van der Waals surface area contributed by atoms with Crippen LogP contribution in [-0.4, -0.2) is 4.98 Å². The SMILES string of the molecule is CCc1cnc(C(C)NCc2ccc(Cl)c(N)c2)s1. The molecule has 1 atom stereocenters. The molecule has 0 bridgehead atoms. The van der Waals surface area contributed by atoms with Gasteiger partial charge in [-0.15, -0.1) is 11.3 Å². The number of nitrogen functional groups attached to an aromatic ring is 1. The summed E-state index contributed by atoms with van der Waals surface area (Å²) in [5, 5.41) is 5.17. The molecule has 0 aliphatic carbocycles. The first-order valence-electron chi connectivity index (χ1n) is 6.32. The maximum atomic E-state index is 5.90. The van der Waals surface area contributed by atoms with E-state index in [2.05, 4.69) is 24.1 Å². The van der Waals surface area contributed by atoms with Gasteiger partial charge in [0.15, 0.2) is 0 Å². The molecule has 3 N–H and O–H groups in total. The van der Waals surface area contributed by atoms with Crippen molar-refractivity contribution in [2.75, 3.05) is 5.73 Å². The molecule has 1 unspecified atom stereocenters. The van der Waals surface area contributed by atoms with Crippen LogP contribution in [0.2, 0.25) is 5.02 Å². The monoisotopic (exact) mass is 295 g/mol. The number of aryl methyl sites for hydroxylation is 1. The van der Waals surface area contributed by atoms with Crippen molar-refractivity contribution in [1.29, 1.82) is 0 Å². The average molecular weight is 296 g/mol. The van der Waals surface area contributed by atoms with Crippen LogP contribution in [0, 0.1) is 0 Å². The van der Waals surface area contributed by atoms with Crippen LogP contribution in [0.4, 0.5) is 5.69 Å². The second-order valence-electron chi connectivity index (χ2n) is 4.48. The molecule has 19 heavy (non-hydrogen) atoms. The number of anilines is 1. The summed E-state index contributed by atoms with van der Waals surface area (Å²) in [6, 6.07) is 5.96. The van der Waals surface area contributed by atoms with Gasteiger partial charge in [-0.05, 0) is 31.0 Å². The number of hydrogen-bond donors (Lipinski definition) is 2. The first-order valence-corrected chi connectivity index (χ1v) is 7.51. The molecule has 0 saturated carbocycles. The molecular formula is C14H18ClN3S. The molecule has 0 saturated heterocycles. The third-order valence-electron chi connectivity index (χ3n) is 2.96. The molecule has 2 rings (SSSR count). The average Bonchev–Trinajstić information content (AvgIpc) is 2.88. The zero-order valence-corrected chi connectivity index (χ0v) is 12.7. The maximum absolute atomic E-state index is 5.90. The van der Waals surface area contributed by atoms with Crippen LogP contribution in [-0.2, 0) is 13.0 Å². The Morgan fingerprint density at radius 1 is 1.47 bits per heavy atom. The van der Waals surface area contributed by atoms with Crippen LogP contribution in [0.3, 0.4) is 0 Å². The molecular weight excluding hydrogens is 278 g/mol. The third kappa shape index (κ3) is 3.69. The fourth-order valence-electron chi connectivity index (χ4n) is 1.75. The summed E-state index contributed by atoms with van der Waals surface area (Å²) in [5.41, 5.74) is 7.54. The lowest BCUT2D eigenvalue weighted by molar-refractivity contribution is 0.572. The van der Waals surface area contributed by atoms with Gasteiger partial charge in [-0.3, -0.25) is 0 Å². The Morgan fingerprint density at radius 2 is 2.26 bits per heavy atom. The molecule has 0 aliphatic rings. The zero-order valence-electron chi connectivity index (χ0n) is 11.1. The highest BCUT2D eigenvalue weighted by atomic mass is 35.5. The van der Waals surface area contributed by atoms with Crippen LogP contribution < -0.4 is 11.1 Å². The molecule has 1 heterocycles. The van der Waals surface area contributed by atoms with Gasteiger partial charge in [0.2, 0.25) is 0 Å². The van der Waals surface area contributed by atoms with Crippen LogP contribution in [0.15, 0.2) is 24.4 Å². The summed E-state index contributed by atoms with van der Waals surface area (Å²) < 4.78 is 0. The molecule has 1 aromatic heterocycles. The fraction of sp³-hybridized carbons (Fsp3) is 0.357. The highest BCUT2D eigenvalue weighted by molar-refractivity contribution is 7.11. The fourth-order valence-corrected chi connectivity index (χ4v) is 2.75. The van der Waals surface area contributed by atoms with E-state index in [0.29, 0.717) is 10.7 Å². The van der Waals surface area contributed by atoms with E-state index in [1.165, 1.54) is 4.88 Å². The number of thiazole rings is 1. The molecule has 0 spiro atoms. The van der Waals surface area contributed by atoms with E-state index >= 15 is 0 Å². The van der Waals surface area contributed by atoms with Crippen molar-refractivity contribution in [1.82, 2.24) is 10.3 Å². The minimum absolute atomic E-state index is 0.238. The Labute approximate surface area is 122 Å². The van der Waals surface area contributed by atoms with Gasteiger partial charge in [-0.1, -0.05) is 24.6 Å². The minimum atomic E-state index is 0.238. The smallest absolute Gasteiger partial charge is 0.109 e. The van der Waals surface area contributed by atoms with Gasteiger partial charge in [0.05, 0.1) is 16.8 Å². The molecule has 2 aromatic rings. The topological polar surface area (TPSA) is 50.9 Å². The minimum Gasteiger partial charge on any atom is -0.398 e. The summed E-state index contributed by atoms with van der Waals surface area (Å²) in [7, 11) is 0. The first kappa shape index (κ1) is 14.3. The van der Waals surface area contributed by atoms with E-state index in [0.717, 1.165) is 23.5 Å². The number of hydrogen-bond acceptors (Lipinski definition) is 4. The van der Waals surface area contributed by atoms with Crippen LogP contribution in [0.1, 0.15) is 35.3 Å². The highest BCUT2D eigenvalue weighted by Crippen LogP contribution is 2.22. The third-order valence-corrected chi connectivity index (χ3v) is 4.63. The van der Waals surface area contributed by atoms with E-state index in [4.69, 9.17) is 17.3 Å². The number of nitrogens with zero attached hydrogens (tertiary/aromatic N) is 1. The summed E-state index contributed by atoms with van der Waals surface area (Å²) in [6.45, 7) is 5.02. The van der Waals surface area contributed by atoms with Gasteiger partial charge in [0.25, 0.3) is 0 Å². The van der Waals surface area contributed by atoms with E-state index in [1.807, 2.05) is 24.4 Å². The molecule has 0 aliphatic heterocycles. The van der Waals surface area contributed by atoms with Crippen molar-refractivity contribution in [2.24, 2.45) is 0 Å². The van der Waals surface area contributed by atoms with E-state index < -0.39 is 0 Å². The van der Waals surface area contributed by atoms with Gasteiger partial charge in [0, 0.05) is 17.6 Å². The van der Waals surface area contributed by atoms with Crippen molar-refractivity contribution in [3.8, 4) is 0 Å². The van der Waals surface area contributed by atoms with Crippen molar-refractivity contribution >= 4 is 28.6 Å². The number of rotatable bonds is 5. The Kier molecular flexibility index (Phi) is 4.80. The van der Waals surface area contributed by atoms with E-state index in [-0.39, 0.29) is 6.04 Å². The normalized spacial score (nSPS) is 12.6. The van der Waals surface area contributed by atoms with Crippen LogP contribution in [0.25, 0.3) is 0 Å². The van der Waals surface area contributed by atoms with Gasteiger partial charge in [-0.25, -0.2) is 4.98 Å². The van der Waals surface area contributed by atoms with Crippen molar-refractivity contribution in [3.63, 3.8) is 0 Å². The summed E-state index contributed by atoms with van der Waals surface area (Å²) >= 11 is 7.67. The quantitative estimate of drug-likeness (QED) is 0.825. The summed E-state index contributed by atoms with van der Waals surface area (Å²) in [6.07, 6.45) is 3.00. The van der Waals surface area contributed by atoms with Gasteiger partial charge < -0.3 is 11.1 Å². The van der Waals surface area contributed by atoms with Crippen LogP contribution in [0.5, 0.6) is 0 Å². The van der Waals surface area contributed by atoms with Gasteiger partial charge in [0.1, 0.15) is 5.01 Å². The van der Waals surface area contributed by atoms with E-state index in [1.54, 1.807) is 11.3 Å². The molecule has 3 nitrogen and oxygen atoms in total. The predicted octanol–water partition coefficient (Wildman–Crippen LogP) is 3.79. The number of nitrogens with two attached hydrogens (primary N) is 1. The van der Waals surface area contributed by atoms with Crippen LogP contribution >= 0.6 is 22.9 Å². The molecule has 1 aromatic carbocycles. The largest absolute Gasteiger partial charge is 0.398 e. The molecule has 0 fully saturated rings. The highest BCUT2D eigenvalue weighted by Gasteiger charge is 2.09. The lowest BCUT2D eigenvalue weighted by Gasteiger charge is -2.11. The standard InChI is InChI=1S/C14H18ClN3S/c1-3-11-8-18-14(19-11)9(2)17-7-10-4-5-12(15)13(16)6-10/h4-6,8-9,17H,3,7,16H2,1-2H3. The predicted molar refractivity (Wildman–Crippen MR) is 82.6 cm³/mol. The number of nitrogens with one attached hydrogen (secondary N) is 1. The Bertz CT molecular complexity index is 553. The van der Waals surface area contributed by atoms with Crippen molar-refractivity contribution in [2.45, 2.75) is 32.9 Å². The number of aromatic nitrogens is 1. The van der Waals surface area contributed by atoms with E-state index in [9.17, 15) is 0 Å². The summed E-state index contributed by atoms with van der Waals surface area (Å²) in [4.78, 5) is 5.76. The number of halogens is 1. The second kappa shape index (κ2) is 6.37. The first-order chi connectivity index (χ1) is 9.10. The number of benzene rings is 1. The molecule has 5 heteroatoms. The molecule has 0 radical (unpaired) electrons. The maximum Gasteiger partial charge on any atom is 0.109 e. The Balaban J connectivity index is 1.95. The lowest BCUT2D eigenvalue weighted by Crippen LogP contribution is -2.17.